The molecule has 98 valence electrons. The number of carbonyl (C=O) groups excluding carboxylic acids is 1. The van der Waals surface area contributed by atoms with Gasteiger partial charge in [0.1, 0.15) is 11.6 Å². The van der Waals surface area contributed by atoms with E-state index in [-0.39, 0.29) is 5.56 Å². The largest absolute Gasteiger partial charge is 0.397 e. The van der Waals surface area contributed by atoms with Gasteiger partial charge in [-0.2, -0.15) is 0 Å². The molecule has 1 amide bonds. The first-order chi connectivity index (χ1) is 8.97. The fourth-order valence-electron chi connectivity index (χ4n) is 1.36. The molecule has 4 nitrogen and oxygen atoms in total. The van der Waals surface area contributed by atoms with E-state index in [0.29, 0.717) is 20.5 Å². The number of rotatable bonds is 2. The van der Waals surface area contributed by atoms with Crippen molar-refractivity contribution in [3.63, 3.8) is 0 Å². The standard InChI is InChI=1S/C12H8Br2FN3O/c13-8-2-1-6(3-10(8)15)12(19)18-11-9(14)4-7(16)5-17-11/h1-5H,16H2,(H,17,18,19). The average molecular weight is 389 g/mol. The second-order valence-electron chi connectivity index (χ2n) is 3.68. The summed E-state index contributed by atoms with van der Waals surface area (Å²) in [5, 5.41) is 2.57. The third kappa shape index (κ3) is 3.30. The lowest BCUT2D eigenvalue weighted by molar-refractivity contribution is 0.102. The fourth-order valence-corrected chi connectivity index (χ4v) is 2.07. The van der Waals surface area contributed by atoms with Gasteiger partial charge in [-0.25, -0.2) is 9.37 Å². The van der Waals surface area contributed by atoms with Gasteiger partial charge in [-0.05, 0) is 56.1 Å². The summed E-state index contributed by atoms with van der Waals surface area (Å²) in [5.74, 6) is -0.635. The van der Waals surface area contributed by atoms with E-state index >= 15 is 0 Å². The summed E-state index contributed by atoms with van der Waals surface area (Å²) in [5.41, 5.74) is 6.22. The Balaban J connectivity index is 2.23. The van der Waals surface area contributed by atoms with Gasteiger partial charge in [0.05, 0.1) is 20.8 Å². The first kappa shape index (κ1) is 14.0. The number of nitrogen functional groups attached to an aromatic ring is 1. The molecule has 1 aromatic heterocycles. The summed E-state index contributed by atoms with van der Waals surface area (Å²) in [6, 6.07) is 5.73. The number of pyridine rings is 1. The number of halogens is 3. The molecule has 2 aromatic rings. The minimum atomic E-state index is -0.503. The van der Waals surface area contributed by atoms with E-state index in [1.165, 1.54) is 18.3 Å². The first-order valence-electron chi connectivity index (χ1n) is 5.15. The topological polar surface area (TPSA) is 68.0 Å². The molecular weight excluding hydrogens is 381 g/mol. The van der Waals surface area contributed by atoms with E-state index in [1.807, 2.05) is 0 Å². The maximum absolute atomic E-state index is 13.3. The third-order valence-electron chi connectivity index (χ3n) is 2.28. The van der Waals surface area contributed by atoms with Gasteiger partial charge in [0.25, 0.3) is 5.91 Å². The van der Waals surface area contributed by atoms with Gasteiger partial charge in [-0.1, -0.05) is 0 Å². The van der Waals surface area contributed by atoms with Crippen LogP contribution >= 0.6 is 31.9 Å². The van der Waals surface area contributed by atoms with E-state index in [4.69, 9.17) is 5.73 Å². The van der Waals surface area contributed by atoms with Gasteiger partial charge in [-0.3, -0.25) is 4.79 Å². The van der Waals surface area contributed by atoms with Crippen LogP contribution in [0.15, 0.2) is 39.4 Å². The van der Waals surface area contributed by atoms with Crippen LogP contribution in [0.25, 0.3) is 0 Å². The first-order valence-corrected chi connectivity index (χ1v) is 6.73. The number of hydrogen-bond acceptors (Lipinski definition) is 3. The highest BCUT2D eigenvalue weighted by Gasteiger charge is 2.11. The number of nitrogens with one attached hydrogen (secondary N) is 1. The summed E-state index contributed by atoms with van der Waals surface area (Å²) >= 11 is 6.26. The second-order valence-corrected chi connectivity index (χ2v) is 5.39. The molecule has 19 heavy (non-hydrogen) atoms. The summed E-state index contributed by atoms with van der Waals surface area (Å²) < 4.78 is 14.2. The highest BCUT2D eigenvalue weighted by atomic mass is 79.9. The third-order valence-corrected chi connectivity index (χ3v) is 3.52. The Hall–Kier alpha value is -1.47. The highest BCUT2D eigenvalue weighted by Crippen LogP contribution is 2.23. The Morgan fingerprint density at radius 1 is 1.26 bits per heavy atom. The van der Waals surface area contributed by atoms with E-state index in [9.17, 15) is 9.18 Å². The van der Waals surface area contributed by atoms with E-state index in [2.05, 4.69) is 42.2 Å². The molecule has 0 saturated carbocycles. The predicted molar refractivity (Wildman–Crippen MR) is 78.4 cm³/mol. The normalized spacial score (nSPS) is 10.3. The lowest BCUT2D eigenvalue weighted by Gasteiger charge is -2.07. The molecule has 0 aliphatic carbocycles. The monoisotopic (exact) mass is 387 g/mol. The number of aromatic nitrogens is 1. The number of carbonyl (C=O) groups is 1. The Labute approximate surface area is 125 Å². The van der Waals surface area contributed by atoms with Crippen LogP contribution in [-0.4, -0.2) is 10.9 Å². The molecule has 0 aliphatic rings. The smallest absolute Gasteiger partial charge is 0.256 e. The van der Waals surface area contributed by atoms with E-state index in [1.54, 1.807) is 6.07 Å². The van der Waals surface area contributed by atoms with E-state index in [0.717, 1.165) is 6.07 Å². The molecule has 1 heterocycles. The molecule has 0 aliphatic heterocycles. The molecule has 2 rings (SSSR count). The predicted octanol–water partition coefficient (Wildman–Crippen LogP) is 3.58. The lowest BCUT2D eigenvalue weighted by Crippen LogP contribution is -2.13. The summed E-state index contributed by atoms with van der Waals surface area (Å²) in [4.78, 5) is 15.9. The van der Waals surface area contributed by atoms with Crippen molar-refractivity contribution in [3.8, 4) is 0 Å². The Morgan fingerprint density at radius 2 is 2.00 bits per heavy atom. The number of nitrogens with zero attached hydrogens (tertiary/aromatic N) is 1. The molecule has 3 N–H and O–H groups in total. The second kappa shape index (κ2) is 5.66. The summed E-state index contributed by atoms with van der Waals surface area (Å²) in [6.07, 6.45) is 1.42. The zero-order chi connectivity index (χ0) is 14.0. The molecule has 0 atom stereocenters. The van der Waals surface area contributed by atoms with Crippen LogP contribution in [0.3, 0.4) is 0 Å². The Bertz CT molecular complexity index is 649. The molecule has 0 spiro atoms. The molecule has 1 aromatic carbocycles. The molecule has 0 saturated heterocycles. The molecule has 0 fully saturated rings. The zero-order valence-electron chi connectivity index (χ0n) is 9.45. The molecule has 0 radical (unpaired) electrons. The van der Waals surface area contributed by atoms with Crippen molar-refractivity contribution in [1.29, 1.82) is 0 Å². The summed E-state index contributed by atoms with van der Waals surface area (Å²) in [7, 11) is 0. The average Bonchev–Trinajstić information content (AvgIpc) is 2.36. The SMILES string of the molecule is Nc1cnc(NC(=O)c2ccc(Br)c(F)c2)c(Br)c1. The number of anilines is 2. The maximum Gasteiger partial charge on any atom is 0.256 e. The van der Waals surface area contributed by atoms with Crippen molar-refractivity contribution >= 4 is 49.3 Å². The Morgan fingerprint density at radius 3 is 2.63 bits per heavy atom. The number of benzene rings is 1. The van der Waals surface area contributed by atoms with Crippen LogP contribution in [0.1, 0.15) is 10.4 Å². The molecule has 0 unspecified atom stereocenters. The lowest BCUT2D eigenvalue weighted by atomic mass is 10.2. The van der Waals surface area contributed by atoms with Crippen LogP contribution < -0.4 is 11.1 Å². The Kier molecular flexibility index (Phi) is 4.16. The van der Waals surface area contributed by atoms with Gasteiger partial charge in [-0.15, -0.1) is 0 Å². The van der Waals surface area contributed by atoms with Gasteiger partial charge < -0.3 is 11.1 Å². The van der Waals surface area contributed by atoms with Gasteiger partial charge >= 0.3 is 0 Å². The van der Waals surface area contributed by atoms with Crippen molar-refractivity contribution in [3.05, 3.63) is 50.8 Å². The number of hydrogen-bond donors (Lipinski definition) is 2. The maximum atomic E-state index is 13.3. The minimum absolute atomic E-state index is 0.200. The van der Waals surface area contributed by atoms with Crippen LogP contribution in [0.4, 0.5) is 15.9 Å². The van der Waals surface area contributed by atoms with Crippen LogP contribution in [0.2, 0.25) is 0 Å². The van der Waals surface area contributed by atoms with Crippen LogP contribution in [0, 0.1) is 5.82 Å². The van der Waals surface area contributed by atoms with Crippen LogP contribution in [0.5, 0.6) is 0 Å². The van der Waals surface area contributed by atoms with Crippen molar-refractivity contribution in [2.75, 3.05) is 11.1 Å². The molecule has 0 bridgehead atoms. The minimum Gasteiger partial charge on any atom is -0.397 e. The zero-order valence-corrected chi connectivity index (χ0v) is 12.6. The van der Waals surface area contributed by atoms with Crippen molar-refractivity contribution in [2.45, 2.75) is 0 Å². The van der Waals surface area contributed by atoms with Gasteiger partial charge in [0.2, 0.25) is 0 Å². The van der Waals surface area contributed by atoms with Crippen molar-refractivity contribution in [2.24, 2.45) is 0 Å². The molecule has 7 heteroatoms. The number of amides is 1. The van der Waals surface area contributed by atoms with Gasteiger partial charge in [0, 0.05) is 5.56 Å². The van der Waals surface area contributed by atoms with Crippen molar-refractivity contribution in [1.82, 2.24) is 4.98 Å². The fraction of sp³-hybridized carbons (Fsp3) is 0. The van der Waals surface area contributed by atoms with E-state index < -0.39 is 11.7 Å². The van der Waals surface area contributed by atoms with Crippen LogP contribution in [-0.2, 0) is 0 Å². The van der Waals surface area contributed by atoms with Crippen molar-refractivity contribution < 1.29 is 9.18 Å². The molecular formula is C12H8Br2FN3O. The quantitative estimate of drug-likeness (QED) is 0.826. The summed E-state index contributed by atoms with van der Waals surface area (Å²) in [6.45, 7) is 0. The van der Waals surface area contributed by atoms with Gasteiger partial charge in [0.15, 0.2) is 0 Å². The highest BCUT2D eigenvalue weighted by molar-refractivity contribution is 9.10. The number of nitrogens with two attached hydrogens (primary N) is 1.